The minimum atomic E-state index is -0.465. The highest BCUT2D eigenvalue weighted by Crippen LogP contribution is 2.35. The summed E-state index contributed by atoms with van der Waals surface area (Å²) in [7, 11) is 0. The van der Waals surface area contributed by atoms with Crippen molar-refractivity contribution >= 4 is 0 Å². The molecule has 2 aromatic heterocycles. The van der Waals surface area contributed by atoms with Crippen molar-refractivity contribution < 1.29 is 8.81 Å². The van der Waals surface area contributed by atoms with Gasteiger partial charge in [0.15, 0.2) is 0 Å². The molecule has 1 fully saturated rings. The van der Waals surface area contributed by atoms with E-state index in [4.69, 9.17) is 4.42 Å². The molecular weight excluding hydrogens is 237 g/mol. The van der Waals surface area contributed by atoms with Crippen LogP contribution >= 0.6 is 0 Å². The summed E-state index contributed by atoms with van der Waals surface area (Å²) >= 11 is 0. The molecule has 0 aliphatic heterocycles. The number of pyridine rings is 1. The van der Waals surface area contributed by atoms with Gasteiger partial charge in [0.1, 0.15) is 12.4 Å². The van der Waals surface area contributed by atoms with Crippen molar-refractivity contribution in [1.29, 1.82) is 0 Å². The molecule has 0 amide bonds. The topological polar surface area (TPSA) is 60.9 Å². The SMILES string of the molecule is O=c1ccc(F)cn1Cc1nnc(C2CCC2)o1. The average Bonchev–Trinajstić information content (AvgIpc) is 2.69. The van der Waals surface area contributed by atoms with Crippen molar-refractivity contribution in [3.8, 4) is 0 Å². The van der Waals surface area contributed by atoms with Crippen LogP contribution in [0.1, 0.15) is 37.0 Å². The van der Waals surface area contributed by atoms with Gasteiger partial charge in [-0.2, -0.15) is 0 Å². The number of nitrogens with zero attached hydrogens (tertiary/aromatic N) is 3. The van der Waals surface area contributed by atoms with E-state index in [2.05, 4.69) is 10.2 Å². The van der Waals surface area contributed by atoms with Crippen LogP contribution in [-0.4, -0.2) is 14.8 Å². The molecule has 0 saturated heterocycles. The van der Waals surface area contributed by atoms with Crippen LogP contribution in [0.4, 0.5) is 4.39 Å². The van der Waals surface area contributed by atoms with Gasteiger partial charge in [-0.1, -0.05) is 6.42 Å². The summed E-state index contributed by atoms with van der Waals surface area (Å²) in [5.74, 6) is 0.856. The molecule has 1 aliphatic rings. The molecule has 5 nitrogen and oxygen atoms in total. The highest BCUT2D eigenvalue weighted by molar-refractivity contribution is 5.00. The van der Waals surface area contributed by atoms with Gasteiger partial charge in [-0.25, -0.2) is 4.39 Å². The fraction of sp³-hybridized carbons (Fsp3) is 0.417. The Morgan fingerprint density at radius 1 is 1.39 bits per heavy atom. The molecule has 0 spiro atoms. The van der Waals surface area contributed by atoms with Gasteiger partial charge >= 0.3 is 0 Å². The van der Waals surface area contributed by atoms with Crippen LogP contribution in [-0.2, 0) is 6.54 Å². The monoisotopic (exact) mass is 249 g/mol. The number of hydrogen-bond acceptors (Lipinski definition) is 4. The van der Waals surface area contributed by atoms with E-state index in [0.717, 1.165) is 25.1 Å². The second-order valence-corrected chi connectivity index (χ2v) is 4.48. The van der Waals surface area contributed by atoms with Crippen molar-refractivity contribution in [2.45, 2.75) is 31.7 Å². The van der Waals surface area contributed by atoms with Gasteiger partial charge in [0.05, 0.1) is 0 Å². The number of hydrogen-bond donors (Lipinski definition) is 0. The molecule has 2 heterocycles. The van der Waals surface area contributed by atoms with Crippen LogP contribution in [0.2, 0.25) is 0 Å². The number of halogens is 1. The summed E-state index contributed by atoms with van der Waals surface area (Å²) in [6.45, 7) is 0.107. The molecule has 6 heteroatoms. The van der Waals surface area contributed by atoms with Crippen molar-refractivity contribution in [3.63, 3.8) is 0 Å². The molecule has 0 bridgehead atoms. The summed E-state index contributed by atoms with van der Waals surface area (Å²) in [5.41, 5.74) is -0.292. The van der Waals surface area contributed by atoms with Crippen molar-refractivity contribution in [1.82, 2.24) is 14.8 Å². The van der Waals surface area contributed by atoms with Crippen LogP contribution in [0.25, 0.3) is 0 Å². The largest absolute Gasteiger partial charge is 0.423 e. The Morgan fingerprint density at radius 3 is 2.94 bits per heavy atom. The predicted molar refractivity (Wildman–Crippen MR) is 60.7 cm³/mol. The van der Waals surface area contributed by atoms with Gasteiger partial charge in [-0.05, 0) is 18.9 Å². The van der Waals surface area contributed by atoms with Crippen LogP contribution in [0.15, 0.2) is 27.5 Å². The first-order valence-electron chi connectivity index (χ1n) is 5.90. The van der Waals surface area contributed by atoms with Crippen LogP contribution < -0.4 is 5.56 Å². The van der Waals surface area contributed by atoms with E-state index in [9.17, 15) is 9.18 Å². The Balaban J connectivity index is 1.81. The lowest BCUT2D eigenvalue weighted by atomic mass is 9.85. The van der Waals surface area contributed by atoms with E-state index in [1.807, 2.05) is 0 Å². The smallest absolute Gasteiger partial charge is 0.251 e. The predicted octanol–water partition coefficient (Wildman–Crippen LogP) is 1.69. The number of aromatic nitrogens is 3. The maximum Gasteiger partial charge on any atom is 0.251 e. The minimum Gasteiger partial charge on any atom is -0.423 e. The Kier molecular flexibility index (Phi) is 2.70. The van der Waals surface area contributed by atoms with Gasteiger partial charge in [-0.15, -0.1) is 10.2 Å². The van der Waals surface area contributed by atoms with E-state index < -0.39 is 5.82 Å². The Hall–Kier alpha value is -1.98. The molecule has 0 aromatic carbocycles. The van der Waals surface area contributed by atoms with Crippen molar-refractivity contribution in [2.24, 2.45) is 0 Å². The summed E-state index contributed by atoms with van der Waals surface area (Å²) < 4.78 is 19.7. The molecular formula is C12H12FN3O2. The number of rotatable bonds is 3. The Labute approximate surface area is 102 Å². The Morgan fingerprint density at radius 2 is 2.22 bits per heavy atom. The standard InChI is InChI=1S/C12H12FN3O2/c13-9-4-5-11(17)16(6-9)7-10-14-15-12(18-10)8-2-1-3-8/h4-6,8H,1-3,7H2. The molecule has 0 N–H and O–H groups in total. The normalized spacial score (nSPS) is 15.6. The van der Waals surface area contributed by atoms with Gasteiger partial charge in [0.25, 0.3) is 5.56 Å². The van der Waals surface area contributed by atoms with Crippen molar-refractivity contribution in [3.05, 3.63) is 46.3 Å². The van der Waals surface area contributed by atoms with Crippen LogP contribution in [0.3, 0.4) is 0 Å². The molecule has 2 aromatic rings. The van der Waals surface area contributed by atoms with E-state index >= 15 is 0 Å². The van der Waals surface area contributed by atoms with Crippen molar-refractivity contribution in [2.75, 3.05) is 0 Å². The highest BCUT2D eigenvalue weighted by Gasteiger charge is 2.25. The molecule has 0 radical (unpaired) electrons. The first-order chi connectivity index (χ1) is 8.72. The summed E-state index contributed by atoms with van der Waals surface area (Å²) in [5, 5.41) is 7.85. The summed E-state index contributed by atoms with van der Waals surface area (Å²) in [6.07, 6.45) is 4.46. The molecule has 1 aliphatic carbocycles. The third kappa shape index (κ3) is 2.05. The van der Waals surface area contributed by atoms with Gasteiger partial charge in [-0.3, -0.25) is 4.79 Å². The molecule has 0 unspecified atom stereocenters. The first kappa shape index (κ1) is 11.1. The van der Waals surface area contributed by atoms with Gasteiger partial charge < -0.3 is 8.98 Å². The third-order valence-electron chi connectivity index (χ3n) is 3.19. The fourth-order valence-corrected chi connectivity index (χ4v) is 1.92. The lowest BCUT2D eigenvalue weighted by Crippen LogP contribution is -2.19. The van der Waals surface area contributed by atoms with Gasteiger partial charge in [0.2, 0.25) is 11.8 Å². The zero-order valence-electron chi connectivity index (χ0n) is 9.67. The van der Waals surface area contributed by atoms with Crippen LogP contribution in [0.5, 0.6) is 0 Å². The van der Waals surface area contributed by atoms with E-state index in [-0.39, 0.29) is 12.1 Å². The quantitative estimate of drug-likeness (QED) is 0.830. The lowest BCUT2D eigenvalue weighted by molar-refractivity contribution is 0.322. The average molecular weight is 249 g/mol. The molecule has 3 rings (SSSR count). The van der Waals surface area contributed by atoms with E-state index in [0.29, 0.717) is 17.7 Å². The highest BCUT2D eigenvalue weighted by atomic mass is 19.1. The first-order valence-corrected chi connectivity index (χ1v) is 5.90. The summed E-state index contributed by atoms with van der Waals surface area (Å²) in [4.78, 5) is 11.5. The molecule has 94 valence electrons. The Bertz CT molecular complexity index is 616. The zero-order chi connectivity index (χ0) is 12.5. The zero-order valence-corrected chi connectivity index (χ0v) is 9.67. The van der Waals surface area contributed by atoms with E-state index in [1.165, 1.54) is 17.1 Å². The maximum atomic E-state index is 13.0. The van der Waals surface area contributed by atoms with E-state index in [1.54, 1.807) is 0 Å². The molecule has 1 saturated carbocycles. The minimum absolute atomic E-state index is 0.107. The molecule has 18 heavy (non-hydrogen) atoms. The summed E-state index contributed by atoms with van der Waals surface area (Å²) in [6, 6.07) is 2.31. The fourth-order valence-electron chi connectivity index (χ4n) is 1.92. The molecule has 0 atom stereocenters. The van der Waals surface area contributed by atoms with Gasteiger partial charge in [0, 0.05) is 18.2 Å². The lowest BCUT2D eigenvalue weighted by Gasteiger charge is -2.20. The second kappa shape index (κ2) is 4.36. The second-order valence-electron chi connectivity index (χ2n) is 4.48. The third-order valence-corrected chi connectivity index (χ3v) is 3.19. The van der Waals surface area contributed by atoms with Crippen LogP contribution in [0, 0.1) is 5.82 Å². The maximum absolute atomic E-state index is 13.0.